The van der Waals surface area contributed by atoms with Gasteiger partial charge in [0.2, 0.25) is 11.8 Å². The van der Waals surface area contributed by atoms with Gasteiger partial charge in [-0.25, -0.2) is 4.98 Å². The van der Waals surface area contributed by atoms with Crippen LogP contribution < -0.4 is 15.8 Å². The number of nitrogens with one attached hydrogen (secondary N) is 1. The molecule has 0 unspecified atom stereocenters. The van der Waals surface area contributed by atoms with E-state index in [-0.39, 0.29) is 0 Å². The van der Waals surface area contributed by atoms with E-state index in [1.54, 1.807) is 12.1 Å². The van der Waals surface area contributed by atoms with E-state index >= 15 is 0 Å². The summed E-state index contributed by atoms with van der Waals surface area (Å²) in [6.45, 7) is 2.01. The van der Waals surface area contributed by atoms with Crippen LogP contribution in [0.25, 0.3) is 0 Å². The minimum absolute atomic E-state index is 0.371. The van der Waals surface area contributed by atoms with E-state index in [4.69, 9.17) is 10.5 Å². The van der Waals surface area contributed by atoms with Gasteiger partial charge in [-0.05, 0) is 55.3 Å². The van der Waals surface area contributed by atoms with Crippen LogP contribution >= 0.6 is 0 Å². The van der Waals surface area contributed by atoms with Crippen molar-refractivity contribution in [1.82, 2.24) is 10.3 Å². The summed E-state index contributed by atoms with van der Waals surface area (Å²) in [5.41, 5.74) is 8.23. The molecule has 0 saturated heterocycles. The van der Waals surface area contributed by atoms with Crippen LogP contribution in [0.15, 0.2) is 36.5 Å². The van der Waals surface area contributed by atoms with Gasteiger partial charge in [0.25, 0.3) is 0 Å². The van der Waals surface area contributed by atoms with Gasteiger partial charge in [0.15, 0.2) is 0 Å². The van der Waals surface area contributed by atoms with Gasteiger partial charge in [-0.1, -0.05) is 6.07 Å². The average Bonchev–Trinajstić information content (AvgIpc) is 2.72. The molecular weight excluding hydrogens is 266 g/mol. The highest BCUT2D eigenvalue weighted by Crippen LogP contribution is 2.24. The minimum atomic E-state index is -0.494. The third kappa shape index (κ3) is 3.20. The molecule has 5 heteroatoms. The van der Waals surface area contributed by atoms with E-state index in [0.717, 1.165) is 31.7 Å². The summed E-state index contributed by atoms with van der Waals surface area (Å²) in [5.74, 6) is 0.716. The van der Waals surface area contributed by atoms with Crippen molar-refractivity contribution in [2.45, 2.75) is 12.8 Å². The maximum atomic E-state index is 11.0. The minimum Gasteiger partial charge on any atom is -0.439 e. The summed E-state index contributed by atoms with van der Waals surface area (Å²) in [4.78, 5) is 15.1. The molecule has 0 fully saturated rings. The lowest BCUT2D eigenvalue weighted by molar-refractivity contribution is 0.1000. The third-order valence-electron chi connectivity index (χ3n) is 3.56. The van der Waals surface area contributed by atoms with Crippen LogP contribution in [0.2, 0.25) is 0 Å². The van der Waals surface area contributed by atoms with Crippen molar-refractivity contribution in [2.24, 2.45) is 5.73 Å². The number of carbonyl (C=O) groups is 1. The van der Waals surface area contributed by atoms with Crippen LogP contribution in [0, 0.1) is 0 Å². The number of carbonyl (C=O) groups excluding carboxylic acids is 1. The molecule has 3 N–H and O–H groups in total. The summed E-state index contributed by atoms with van der Waals surface area (Å²) in [6, 6.07) is 9.38. The second kappa shape index (κ2) is 5.93. The normalized spacial score (nSPS) is 14.1. The maximum Gasteiger partial charge on any atom is 0.250 e. The molecule has 2 heterocycles. The van der Waals surface area contributed by atoms with Gasteiger partial charge in [0, 0.05) is 12.3 Å². The standard InChI is InChI=1S/C16H17N3O2/c17-16(20)13-2-4-15(19-10-13)21-14-3-1-11-5-7-18-8-6-12(11)9-14/h1-4,9-10,18H,5-8H2,(H2,17,20). The summed E-state index contributed by atoms with van der Waals surface area (Å²) in [7, 11) is 0. The molecule has 0 atom stereocenters. The fourth-order valence-corrected chi connectivity index (χ4v) is 2.42. The van der Waals surface area contributed by atoms with Crippen molar-refractivity contribution in [1.29, 1.82) is 0 Å². The number of nitrogens with two attached hydrogens (primary N) is 1. The highest BCUT2D eigenvalue weighted by Gasteiger charge is 2.09. The van der Waals surface area contributed by atoms with E-state index in [9.17, 15) is 4.79 Å². The summed E-state index contributed by atoms with van der Waals surface area (Å²) < 4.78 is 5.74. The molecule has 0 radical (unpaired) electrons. The van der Waals surface area contributed by atoms with Gasteiger partial charge in [-0.15, -0.1) is 0 Å². The smallest absolute Gasteiger partial charge is 0.250 e. The summed E-state index contributed by atoms with van der Waals surface area (Å²) in [6.07, 6.45) is 3.47. The number of amides is 1. The molecule has 3 rings (SSSR count). The van der Waals surface area contributed by atoms with Crippen LogP contribution in [-0.4, -0.2) is 24.0 Å². The topological polar surface area (TPSA) is 77.2 Å². The number of rotatable bonds is 3. The SMILES string of the molecule is NC(=O)c1ccc(Oc2ccc3c(c2)CCNCC3)nc1. The lowest BCUT2D eigenvalue weighted by Crippen LogP contribution is -2.16. The van der Waals surface area contributed by atoms with Gasteiger partial charge in [-0.2, -0.15) is 0 Å². The first kappa shape index (κ1) is 13.6. The van der Waals surface area contributed by atoms with Crippen LogP contribution in [0.5, 0.6) is 11.6 Å². The molecule has 1 aliphatic heterocycles. The lowest BCUT2D eigenvalue weighted by atomic mass is 10.0. The van der Waals surface area contributed by atoms with Crippen molar-refractivity contribution in [3.05, 3.63) is 53.2 Å². The highest BCUT2D eigenvalue weighted by molar-refractivity contribution is 5.92. The predicted molar refractivity (Wildman–Crippen MR) is 79.5 cm³/mol. The van der Waals surface area contributed by atoms with E-state index in [0.29, 0.717) is 11.4 Å². The molecule has 0 spiro atoms. The first-order valence-corrected chi connectivity index (χ1v) is 6.98. The molecule has 0 bridgehead atoms. The molecule has 1 amide bonds. The van der Waals surface area contributed by atoms with E-state index < -0.39 is 5.91 Å². The van der Waals surface area contributed by atoms with Crippen molar-refractivity contribution in [3.63, 3.8) is 0 Å². The highest BCUT2D eigenvalue weighted by atomic mass is 16.5. The quantitative estimate of drug-likeness (QED) is 0.898. The molecule has 2 aromatic rings. The Labute approximate surface area is 123 Å². The number of benzene rings is 1. The zero-order chi connectivity index (χ0) is 14.7. The van der Waals surface area contributed by atoms with Gasteiger partial charge in [0.1, 0.15) is 5.75 Å². The average molecular weight is 283 g/mol. The van der Waals surface area contributed by atoms with E-state index in [1.807, 2.05) is 6.07 Å². The second-order valence-electron chi connectivity index (χ2n) is 5.03. The fraction of sp³-hybridized carbons (Fsp3) is 0.250. The van der Waals surface area contributed by atoms with Crippen molar-refractivity contribution >= 4 is 5.91 Å². The first-order chi connectivity index (χ1) is 10.2. The Morgan fingerprint density at radius 1 is 1.14 bits per heavy atom. The first-order valence-electron chi connectivity index (χ1n) is 6.98. The Morgan fingerprint density at radius 3 is 2.67 bits per heavy atom. The van der Waals surface area contributed by atoms with Gasteiger partial charge in [-0.3, -0.25) is 4.79 Å². The molecule has 1 aliphatic rings. The van der Waals surface area contributed by atoms with Crippen LogP contribution in [0.1, 0.15) is 21.5 Å². The van der Waals surface area contributed by atoms with E-state index in [2.05, 4.69) is 22.4 Å². The van der Waals surface area contributed by atoms with Crippen molar-refractivity contribution < 1.29 is 9.53 Å². The van der Waals surface area contributed by atoms with Crippen LogP contribution in [0.3, 0.4) is 0 Å². The third-order valence-corrected chi connectivity index (χ3v) is 3.56. The van der Waals surface area contributed by atoms with Gasteiger partial charge in [0.05, 0.1) is 5.56 Å². The molecule has 1 aromatic heterocycles. The maximum absolute atomic E-state index is 11.0. The number of hydrogen-bond donors (Lipinski definition) is 2. The van der Waals surface area contributed by atoms with Crippen molar-refractivity contribution in [3.8, 4) is 11.6 Å². The van der Waals surface area contributed by atoms with Crippen LogP contribution in [-0.2, 0) is 12.8 Å². The van der Waals surface area contributed by atoms with Gasteiger partial charge >= 0.3 is 0 Å². The number of nitrogens with zero attached hydrogens (tertiary/aromatic N) is 1. The Hall–Kier alpha value is -2.40. The number of aromatic nitrogens is 1. The molecule has 0 saturated carbocycles. The molecule has 108 valence electrons. The predicted octanol–water partition coefficient (Wildman–Crippen LogP) is 1.66. The molecule has 1 aromatic carbocycles. The largest absolute Gasteiger partial charge is 0.439 e. The van der Waals surface area contributed by atoms with Gasteiger partial charge < -0.3 is 15.8 Å². The zero-order valence-electron chi connectivity index (χ0n) is 11.6. The number of pyridine rings is 1. The Bertz CT molecular complexity index is 653. The summed E-state index contributed by atoms with van der Waals surface area (Å²) >= 11 is 0. The number of hydrogen-bond acceptors (Lipinski definition) is 4. The fourth-order valence-electron chi connectivity index (χ4n) is 2.42. The number of primary amides is 1. The molecular formula is C16H17N3O2. The second-order valence-corrected chi connectivity index (χ2v) is 5.03. The van der Waals surface area contributed by atoms with E-state index in [1.165, 1.54) is 17.3 Å². The Morgan fingerprint density at radius 2 is 1.95 bits per heavy atom. The molecule has 21 heavy (non-hydrogen) atoms. The van der Waals surface area contributed by atoms with Crippen molar-refractivity contribution in [2.75, 3.05) is 13.1 Å². The number of ether oxygens (including phenoxy) is 1. The lowest BCUT2D eigenvalue weighted by Gasteiger charge is -2.09. The zero-order valence-corrected chi connectivity index (χ0v) is 11.6. The molecule has 0 aliphatic carbocycles. The van der Waals surface area contributed by atoms with Crippen LogP contribution in [0.4, 0.5) is 0 Å². The Kier molecular flexibility index (Phi) is 3.83. The monoisotopic (exact) mass is 283 g/mol. The number of fused-ring (bicyclic) bond motifs is 1. The Balaban J connectivity index is 1.78. The summed E-state index contributed by atoms with van der Waals surface area (Å²) in [5, 5.41) is 3.38. The molecule has 5 nitrogen and oxygen atoms in total.